The minimum atomic E-state index is -0.391. The van der Waals surface area contributed by atoms with Crippen molar-refractivity contribution in [2.24, 2.45) is 0 Å². The minimum absolute atomic E-state index is 0.0140. The molecule has 2 heterocycles. The van der Waals surface area contributed by atoms with E-state index in [0.717, 1.165) is 33.5 Å². The van der Waals surface area contributed by atoms with E-state index in [2.05, 4.69) is 25.9 Å². The zero-order valence-electron chi connectivity index (χ0n) is 24.6. The second kappa shape index (κ2) is 11.7. The van der Waals surface area contributed by atoms with Gasteiger partial charge in [0.05, 0.1) is 35.3 Å². The molecular weight excluding hydrogens is 531 g/mol. The summed E-state index contributed by atoms with van der Waals surface area (Å²) < 4.78 is 23.9. The zero-order chi connectivity index (χ0) is 30.0. The number of halogens is 1. The molecule has 0 spiro atoms. The molecule has 0 fully saturated rings. The average Bonchev–Trinajstić information content (AvgIpc) is 3.53. The van der Waals surface area contributed by atoms with E-state index in [1.54, 1.807) is 23.0 Å². The van der Waals surface area contributed by atoms with Crippen LogP contribution < -0.4 is 4.74 Å². The van der Waals surface area contributed by atoms with Gasteiger partial charge in [0.25, 0.3) is 0 Å². The fraction of sp³-hybridized carbons (Fsp3) is 0.294. The molecule has 8 heteroatoms. The highest BCUT2D eigenvalue weighted by molar-refractivity contribution is 5.83. The number of hydrogen-bond donors (Lipinski definition) is 0. The summed E-state index contributed by atoms with van der Waals surface area (Å²) in [5.74, 6) is 0.691. The Morgan fingerprint density at radius 3 is 2.45 bits per heavy atom. The number of fused-ring (bicyclic) bond motifs is 1. The first-order valence-corrected chi connectivity index (χ1v) is 14.1. The number of carbonyl (C=O) groups is 2. The summed E-state index contributed by atoms with van der Waals surface area (Å²) >= 11 is 0. The summed E-state index contributed by atoms with van der Waals surface area (Å²) in [4.78, 5) is 24.8. The largest absolute Gasteiger partial charge is 0.457 e. The molecule has 0 bridgehead atoms. The lowest BCUT2D eigenvalue weighted by Crippen LogP contribution is -2.12. The van der Waals surface area contributed by atoms with Crippen LogP contribution in [-0.4, -0.2) is 31.1 Å². The van der Waals surface area contributed by atoms with Crippen molar-refractivity contribution in [2.45, 2.75) is 65.8 Å². The predicted molar refractivity (Wildman–Crippen MR) is 161 cm³/mol. The van der Waals surface area contributed by atoms with Crippen molar-refractivity contribution in [3.8, 4) is 17.2 Å². The molecule has 7 nitrogen and oxygen atoms in total. The van der Waals surface area contributed by atoms with E-state index in [0.29, 0.717) is 23.5 Å². The fourth-order valence-corrected chi connectivity index (χ4v) is 4.82. The molecule has 0 unspecified atom stereocenters. The highest BCUT2D eigenvalue weighted by Gasteiger charge is 2.22. The van der Waals surface area contributed by atoms with E-state index >= 15 is 0 Å². The SMILES string of the molecule is CC(=O)Cn1ncc2cc(Oc3ccc(F)cc3CCC(=O)Cc3cc(C(C)(C)C)nn3-c3ccc(C)cc3)ccc21. The Bertz CT molecular complexity index is 1760. The summed E-state index contributed by atoms with van der Waals surface area (Å²) in [6, 6.07) is 19.9. The molecule has 42 heavy (non-hydrogen) atoms. The summed E-state index contributed by atoms with van der Waals surface area (Å²) in [5, 5.41) is 9.95. The third-order valence-corrected chi connectivity index (χ3v) is 7.12. The Morgan fingerprint density at radius 2 is 1.74 bits per heavy atom. The number of nitrogens with zero attached hydrogens (tertiary/aromatic N) is 4. The standard InChI is InChI=1S/C34H35FN4O3/c1-22-6-10-27(11-7-22)39-28(19-33(37-39)34(3,4)5)18-29(41)12-8-24-16-26(35)9-15-32(24)42-30-13-14-31-25(17-30)20-36-38(31)21-23(2)40/h6-7,9-11,13-17,19-20H,8,12,18,21H2,1-5H3. The van der Waals surface area contributed by atoms with Crippen LogP contribution in [0.4, 0.5) is 4.39 Å². The fourth-order valence-electron chi connectivity index (χ4n) is 4.82. The van der Waals surface area contributed by atoms with Crippen LogP contribution in [0.2, 0.25) is 0 Å². The first kappa shape index (κ1) is 28.9. The molecule has 2 aromatic heterocycles. The molecule has 5 rings (SSSR count). The van der Waals surface area contributed by atoms with E-state index in [1.807, 2.05) is 54.1 Å². The summed E-state index contributed by atoms with van der Waals surface area (Å²) in [6.07, 6.45) is 2.45. The molecule has 0 aliphatic rings. The van der Waals surface area contributed by atoms with Crippen LogP contribution in [0.1, 0.15) is 56.6 Å². The van der Waals surface area contributed by atoms with Gasteiger partial charge in [-0.25, -0.2) is 9.07 Å². The van der Waals surface area contributed by atoms with Crippen molar-refractivity contribution in [3.05, 3.63) is 101 Å². The molecule has 0 N–H and O–H groups in total. The zero-order valence-corrected chi connectivity index (χ0v) is 24.6. The first-order valence-electron chi connectivity index (χ1n) is 14.1. The average molecular weight is 567 g/mol. The van der Waals surface area contributed by atoms with Crippen molar-refractivity contribution in [1.82, 2.24) is 19.6 Å². The number of Topliss-reactive ketones (excluding diaryl/α,β-unsaturated/α-hetero) is 2. The number of ether oxygens (including phenoxy) is 1. The quantitative estimate of drug-likeness (QED) is 0.180. The lowest BCUT2D eigenvalue weighted by molar-refractivity contribution is -0.119. The smallest absolute Gasteiger partial charge is 0.151 e. The molecule has 0 atom stereocenters. The molecule has 0 radical (unpaired) electrons. The normalized spacial score (nSPS) is 11.7. The molecule has 216 valence electrons. The topological polar surface area (TPSA) is 79.0 Å². The first-order chi connectivity index (χ1) is 20.0. The molecule has 0 saturated heterocycles. The molecule has 0 aliphatic carbocycles. The summed E-state index contributed by atoms with van der Waals surface area (Å²) in [7, 11) is 0. The van der Waals surface area contributed by atoms with E-state index in [-0.39, 0.29) is 36.4 Å². The molecule has 3 aromatic carbocycles. The molecule has 5 aromatic rings. The second-order valence-electron chi connectivity index (χ2n) is 11.8. The maximum Gasteiger partial charge on any atom is 0.151 e. The Hall–Kier alpha value is -4.59. The Morgan fingerprint density at radius 1 is 0.976 bits per heavy atom. The highest BCUT2D eigenvalue weighted by atomic mass is 19.1. The van der Waals surface area contributed by atoms with Crippen LogP contribution >= 0.6 is 0 Å². The van der Waals surface area contributed by atoms with Crippen LogP contribution in [0.5, 0.6) is 11.5 Å². The van der Waals surface area contributed by atoms with E-state index in [1.165, 1.54) is 19.1 Å². The number of aromatic nitrogens is 4. The number of aryl methyl sites for hydroxylation is 2. The lowest BCUT2D eigenvalue weighted by Gasteiger charge is -2.14. The van der Waals surface area contributed by atoms with Crippen molar-refractivity contribution in [1.29, 1.82) is 0 Å². The van der Waals surface area contributed by atoms with Crippen molar-refractivity contribution >= 4 is 22.5 Å². The molecule has 0 saturated carbocycles. The molecular formula is C34H35FN4O3. The monoisotopic (exact) mass is 566 g/mol. The van der Waals surface area contributed by atoms with E-state index in [4.69, 9.17) is 9.84 Å². The van der Waals surface area contributed by atoms with Gasteiger partial charge in [-0.3, -0.25) is 14.3 Å². The lowest BCUT2D eigenvalue weighted by atomic mass is 9.92. The number of hydrogen-bond acceptors (Lipinski definition) is 5. The van der Waals surface area contributed by atoms with E-state index < -0.39 is 5.82 Å². The van der Waals surface area contributed by atoms with Crippen LogP contribution in [0.25, 0.3) is 16.6 Å². The minimum Gasteiger partial charge on any atom is -0.457 e. The Balaban J connectivity index is 1.32. The van der Waals surface area contributed by atoms with Crippen molar-refractivity contribution in [2.75, 3.05) is 0 Å². The van der Waals surface area contributed by atoms with Gasteiger partial charge in [0.15, 0.2) is 5.78 Å². The Kier molecular flexibility index (Phi) is 8.07. The van der Waals surface area contributed by atoms with Crippen molar-refractivity contribution in [3.63, 3.8) is 0 Å². The second-order valence-corrected chi connectivity index (χ2v) is 11.8. The van der Waals surface area contributed by atoms with Gasteiger partial charge in [0, 0.05) is 23.6 Å². The van der Waals surface area contributed by atoms with Gasteiger partial charge in [-0.1, -0.05) is 38.5 Å². The van der Waals surface area contributed by atoms with Gasteiger partial charge >= 0.3 is 0 Å². The Labute approximate surface area is 244 Å². The van der Waals surface area contributed by atoms with Gasteiger partial charge in [0.2, 0.25) is 0 Å². The third-order valence-electron chi connectivity index (χ3n) is 7.12. The van der Waals surface area contributed by atoms with Crippen molar-refractivity contribution < 1.29 is 18.7 Å². The number of ketones is 2. The number of benzene rings is 3. The van der Waals surface area contributed by atoms with E-state index in [9.17, 15) is 14.0 Å². The maximum atomic E-state index is 14.3. The molecule has 0 aliphatic heterocycles. The maximum absolute atomic E-state index is 14.3. The van der Waals surface area contributed by atoms with Crippen LogP contribution in [0, 0.1) is 12.7 Å². The number of carbonyl (C=O) groups excluding carboxylic acids is 2. The predicted octanol–water partition coefficient (Wildman–Crippen LogP) is 7.09. The van der Waals surface area contributed by atoms with Crippen LogP contribution in [0.15, 0.2) is 72.9 Å². The van der Waals surface area contributed by atoms with Gasteiger partial charge in [-0.05, 0) is 80.4 Å². The third kappa shape index (κ3) is 6.65. The van der Waals surface area contributed by atoms with Gasteiger partial charge in [-0.2, -0.15) is 10.2 Å². The van der Waals surface area contributed by atoms with Crippen LogP contribution in [0.3, 0.4) is 0 Å². The van der Waals surface area contributed by atoms with Crippen LogP contribution in [-0.2, 0) is 34.4 Å². The highest BCUT2D eigenvalue weighted by Crippen LogP contribution is 2.30. The van der Waals surface area contributed by atoms with Gasteiger partial charge in [-0.15, -0.1) is 0 Å². The van der Waals surface area contributed by atoms with Gasteiger partial charge < -0.3 is 4.74 Å². The van der Waals surface area contributed by atoms with Gasteiger partial charge in [0.1, 0.15) is 23.1 Å². The molecule has 0 amide bonds. The number of rotatable bonds is 10. The summed E-state index contributed by atoms with van der Waals surface area (Å²) in [6.45, 7) is 10.0. The summed E-state index contributed by atoms with van der Waals surface area (Å²) in [5.41, 5.74) is 5.05.